The minimum absolute atomic E-state index is 0.0614. The third kappa shape index (κ3) is 6.09. The van der Waals surface area contributed by atoms with Crippen LogP contribution in [0.2, 0.25) is 0 Å². The van der Waals surface area contributed by atoms with Crippen molar-refractivity contribution < 1.29 is 27.1 Å². The Labute approximate surface area is 181 Å². The Morgan fingerprint density at radius 2 is 1.84 bits per heavy atom. The summed E-state index contributed by atoms with van der Waals surface area (Å²) in [5.74, 6) is -1.52. The predicted molar refractivity (Wildman–Crippen MR) is 108 cm³/mol. The third-order valence-electron chi connectivity index (χ3n) is 7.00. The van der Waals surface area contributed by atoms with Crippen molar-refractivity contribution in [1.29, 1.82) is 0 Å². The predicted octanol–water partition coefficient (Wildman–Crippen LogP) is 2.88. The topological polar surface area (TPSA) is 79.6 Å². The Bertz CT molecular complexity index is 598. The fourth-order valence-corrected chi connectivity index (χ4v) is 5.42. The highest BCUT2D eigenvalue weighted by Gasteiger charge is 2.47. The number of halogens is 4. The smallest absolute Gasteiger partial charge is 0.367 e. The number of amides is 1. The quantitative estimate of drug-likeness (QED) is 0.518. The van der Waals surface area contributed by atoms with Crippen molar-refractivity contribution in [2.24, 2.45) is 23.5 Å². The molecule has 5 atom stereocenters. The van der Waals surface area contributed by atoms with Gasteiger partial charge in [0.15, 0.2) is 6.17 Å². The third-order valence-corrected chi connectivity index (χ3v) is 7.00. The highest BCUT2D eigenvalue weighted by molar-refractivity contribution is 5.78. The lowest BCUT2D eigenvalue weighted by atomic mass is 9.77. The number of nitrogens with zero attached hydrogens (tertiary/aromatic N) is 1. The van der Waals surface area contributed by atoms with Crippen molar-refractivity contribution in [3.8, 4) is 0 Å². The van der Waals surface area contributed by atoms with E-state index < -0.39 is 42.7 Å². The monoisotopic (exact) mass is 452 g/mol. The molecule has 1 amide bonds. The van der Waals surface area contributed by atoms with Gasteiger partial charge in [0.2, 0.25) is 5.91 Å². The first kappa shape index (κ1) is 24.7. The molecule has 2 aliphatic heterocycles. The van der Waals surface area contributed by atoms with E-state index >= 15 is 4.39 Å². The molecular formula is C21H36F4N4O2. The van der Waals surface area contributed by atoms with Crippen LogP contribution in [0.25, 0.3) is 0 Å². The molecule has 0 aromatic carbocycles. The number of nitrogens with one attached hydrogen (secondary N) is 2. The number of carbonyl (C=O) groups excluding carboxylic acids is 1. The zero-order valence-corrected chi connectivity index (χ0v) is 18.3. The summed E-state index contributed by atoms with van der Waals surface area (Å²) in [6.45, 7) is 4.88. The number of rotatable bonds is 7. The standard InChI is InChI=1S/C21H36F4N4O2/c1-12(2)10-16(18(26)30)31-20-17(22)19(27-11-28-20)29-9-3-4-15(29)13-5-7-14(8-6-13)21(23,24)25/h12-17,19-20,27-28H,3-11H2,1-2H3,(H2,26,30)/t13?,14?,15-,16-,17?,19?,20?/m1/s1. The van der Waals surface area contributed by atoms with Crippen molar-refractivity contribution in [1.82, 2.24) is 15.5 Å². The summed E-state index contributed by atoms with van der Waals surface area (Å²) in [6, 6.07) is 0.0614. The van der Waals surface area contributed by atoms with Gasteiger partial charge in [-0.1, -0.05) is 13.8 Å². The van der Waals surface area contributed by atoms with E-state index in [1.165, 1.54) is 0 Å². The maximum Gasteiger partial charge on any atom is 0.391 e. The van der Waals surface area contributed by atoms with Gasteiger partial charge in [0.25, 0.3) is 0 Å². The number of likely N-dealkylation sites (tertiary alicyclic amines) is 1. The van der Waals surface area contributed by atoms with Gasteiger partial charge >= 0.3 is 6.18 Å². The largest absolute Gasteiger partial charge is 0.391 e. The van der Waals surface area contributed by atoms with Crippen LogP contribution in [0.4, 0.5) is 17.6 Å². The van der Waals surface area contributed by atoms with Gasteiger partial charge in [-0.2, -0.15) is 13.2 Å². The fraction of sp³-hybridized carbons (Fsp3) is 0.952. The number of alkyl halides is 4. The summed E-state index contributed by atoms with van der Waals surface area (Å²) >= 11 is 0. The Balaban J connectivity index is 1.62. The molecular weight excluding hydrogens is 416 g/mol. The lowest BCUT2D eigenvalue weighted by molar-refractivity contribution is -0.185. The minimum atomic E-state index is -4.13. The molecule has 0 aromatic heterocycles. The number of nitrogens with two attached hydrogens (primary N) is 1. The number of hydrogen-bond acceptors (Lipinski definition) is 5. The molecule has 3 unspecified atom stereocenters. The molecule has 1 saturated carbocycles. The highest BCUT2D eigenvalue weighted by Crippen LogP contribution is 2.43. The molecule has 10 heteroatoms. The van der Waals surface area contributed by atoms with Gasteiger partial charge in [-0.3, -0.25) is 20.3 Å². The average Bonchev–Trinajstić information content (AvgIpc) is 3.17. The molecule has 4 N–H and O–H groups in total. The fourth-order valence-electron chi connectivity index (χ4n) is 5.42. The number of ether oxygens (including phenoxy) is 1. The van der Waals surface area contributed by atoms with E-state index in [4.69, 9.17) is 10.5 Å². The molecule has 1 aliphatic carbocycles. The second-order valence-electron chi connectivity index (χ2n) is 9.65. The molecule has 0 spiro atoms. The van der Waals surface area contributed by atoms with Crippen LogP contribution >= 0.6 is 0 Å². The second-order valence-corrected chi connectivity index (χ2v) is 9.65. The summed E-state index contributed by atoms with van der Waals surface area (Å²) in [5.41, 5.74) is 5.45. The van der Waals surface area contributed by atoms with Gasteiger partial charge in [-0.15, -0.1) is 0 Å². The Morgan fingerprint density at radius 3 is 2.42 bits per heavy atom. The van der Waals surface area contributed by atoms with E-state index in [0.717, 1.165) is 12.8 Å². The molecule has 0 aromatic rings. The molecule has 31 heavy (non-hydrogen) atoms. The van der Waals surface area contributed by atoms with Gasteiger partial charge in [0.1, 0.15) is 12.3 Å². The summed E-state index contributed by atoms with van der Waals surface area (Å²) in [7, 11) is 0. The number of carbonyl (C=O) groups is 1. The Morgan fingerprint density at radius 1 is 1.16 bits per heavy atom. The molecule has 3 aliphatic rings. The van der Waals surface area contributed by atoms with Gasteiger partial charge in [-0.05, 0) is 56.8 Å². The van der Waals surface area contributed by atoms with Crippen molar-refractivity contribution in [2.75, 3.05) is 13.2 Å². The summed E-state index contributed by atoms with van der Waals surface area (Å²) in [5, 5.41) is 6.08. The number of primary amides is 1. The number of hydrogen-bond donors (Lipinski definition) is 3. The van der Waals surface area contributed by atoms with Crippen molar-refractivity contribution in [3.63, 3.8) is 0 Å². The Hall–Kier alpha value is -0.970. The normalized spacial score (nSPS) is 36.6. The van der Waals surface area contributed by atoms with E-state index in [2.05, 4.69) is 15.5 Å². The van der Waals surface area contributed by atoms with E-state index in [1.54, 1.807) is 0 Å². The van der Waals surface area contributed by atoms with Crippen LogP contribution in [-0.4, -0.2) is 60.9 Å². The summed E-state index contributed by atoms with van der Waals surface area (Å²) in [6.07, 6.45) is -4.50. The van der Waals surface area contributed by atoms with Crippen molar-refractivity contribution >= 4 is 5.91 Å². The van der Waals surface area contributed by atoms with Crippen LogP contribution in [-0.2, 0) is 9.53 Å². The lowest BCUT2D eigenvalue weighted by Crippen LogP contribution is -2.67. The molecule has 2 heterocycles. The molecule has 6 nitrogen and oxygen atoms in total. The average molecular weight is 453 g/mol. The van der Waals surface area contributed by atoms with Gasteiger partial charge < -0.3 is 10.5 Å². The highest BCUT2D eigenvalue weighted by atomic mass is 19.4. The lowest BCUT2D eigenvalue weighted by Gasteiger charge is -2.45. The zero-order valence-electron chi connectivity index (χ0n) is 18.3. The SMILES string of the molecule is CC(C)C[C@@H](OC1NCNC(N2CCC[C@@H]2C2CCC(C(F)(F)F)CC2)C1F)C(N)=O. The zero-order chi connectivity index (χ0) is 22.8. The Kier molecular flexibility index (Phi) is 8.21. The van der Waals surface area contributed by atoms with Gasteiger partial charge in [-0.25, -0.2) is 4.39 Å². The van der Waals surface area contributed by atoms with E-state index in [-0.39, 0.29) is 30.7 Å². The maximum atomic E-state index is 15.5. The first-order chi connectivity index (χ1) is 14.6. The minimum Gasteiger partial charge on any atom is -0.367 e. The molecule has 3 rings (SSSR count). The van der Waals surface area contributed by atoms with Crippen LogP contribution in [0, 0.1) is 17.8 Å². The van der Waals surface area contributed by atoms with Crippen LogP contribution in [0.1, 0.15) is 58.8 Å². The molecule has 0 bridgehead atoms. The first-order valence-corrected chi connectivity index (χ1v) is 11.5. The van der Waals surface area contributed by atoms with Crippen LogP contribution in [0.3, 0.4) is 0 Å². The molecule has 0 radical (unpaired) electrons. The van der Waals surface area contributed by atoms with Crippen molar-refractivity contribution in [2.45, 2.75) is 95.7 Å². The molecule has 180 valence electrons. The van der Waals surface area contributed by atoms with Crippen LogP contribution in [0.15, 0.2) is 0 Å². The van der Waals surface area contributed by atoms with E-state index in [0.29, 0.717) is 32.5 Å². The van der Waals surface area contributed by atoms with E-state index in [9.17, 15) is 18.0 Å². The summed E-state index contributed by atoms with van der Waals surface area (Å²) in [4.78, 5) is 13.8. The summed E-state index contributed by atoms with van der Waals surface area (Å²) < 4.78 is 60.3. The van der Waals surface area contributed by atoms with Gasteiger partial charge in [0.05, 0.1) is 12.1 Å². The molecule has 3 fully saturated rings. The van der Waals surface area contributed by atoms with Gasteiger partial charge in [0, 0.05) is 19.3 Å². The van der Waals surface area contributed by atoms with E-state index in [1.807, 2.05) is 13.8 Å². The first-order valence-electron chi connectivity index (χ1n) is 11.5. The maximum absolute atomic E-state index is 15.5. The van der Waals surface area contributed by atoms with Crippen molar-refractivity contribution in [3.05, 3.63) is 0 Å². The van der Waals surface area contributed by atoms with Crippen LogP contribution < -0.4 is 16.4 Å². The molecule has 2 saturated heterocycles. The second kappa shape index (κ2) is 10.3. The van der Waals surface area contributed by atoms with Crippen LogP contribution in [0.5, 0.6) is 0 Å².